The van der Waals surface area contributed by atoms with E-state index in [9.17, 15) is 9.59 Å². The van der Waals surface area contributed by atoms with Gasteiger partial charge >= 0.3 is 0 Å². The van der Waals surface area contributed by atoms with Crippen LogP contribution in [0.1, 0.15) is 55.2 Å². The molecule has 4 nitrogen and oxygen atoms in total. The predicted molar refractivity (Wildman–Crippen MR) is 101 cm³/mol. The molecule has 0 aliphatic heterocycles. The van der Waals surface area contributed by atoms with Crippen LogP contribution < -0.4 is 11.1 Å². The van der Waals surface area contributed by atoms with Gasteiger partial charge < -0.3 is 11.1 Å². The van der Waals surface area contributed by atoms with Crippen molar-refractivity contribution in [3.8, 4) is 0 Å². The van der Waals surface area contributed by atoms with Gasteiger partial charge in [0.25, 0.3) is 0 Å². The summed E-state index contributed by atoms with van der Waals surface area (Å²) in [5.74, 6) is 1.75. The molecule has 0 unspecified atom stereocenters. The second-order valence-electron chi connectivity index (χ2n) is 9.25. The van der Waals surface area contributed by atoms with Crippen LogP contribution in [-0.2, 0) is 16.0 Å². The molecule has 0 radical (unpaired) electrons. The molecular weight excluding hydrogens is 324 g/mol. The first-order chi connectivity index (χ1) is 12.3. The summed E-state index contributed by atoms with van der Waals surface area (Å²) in [6.07, 6.45) is 7.37. The fraction of sp³-hybridized carbons (Fsp3) is 0.636. The maximum atomic E-state index is 13.2. The summed E-state index contributed by atoms with van der Waals surface area (Å²) in [6.45, 7) is 4.13. The third kappa shape index (κ3) is 3.15. The molecule has 0 heterocycles. The zero-order valence-corrected chi connectivity index (χ0v) is 15.9. The number of nitrogens with two attached hydrogens (primary N) is 1. The molecule has 5 rings (SSSR count). The standard InChI is InChI=1S/C22H30N2O2/c1-13-3-4-15(5-14(13)2)9-19(20(23)25)24-21(26)22-10-16-6-17(11-22)8-18(7-16)12-22/h3-5,16-19H,6-12H2,1-2H3,(H2,23,25)(H,24,26)/t16?,17?,18?,19-,22?/m1/s1. The molecule has 0 aromatic heterocycles. The Morgan fingerprint density at radius 1 is 1.08 bits per heavy atom. The lowest BCUT2D eigenvalue weighted by Gasteiger charge is -2.55. The van der Waals surface area contributed by atoms with Gasteiger partial charge in [0.15, 0.2) is 0 Å². The van der Waals surface area contributed by atoms with Gasteiger partial charge in [0.1, 0.15) is 6.04 Å². The molecule has 3 N–H and O–H groups in total. The average molecular weight is 354 g/mol. The highest BCUT2D eigenvalue weighted by molar-refractivity contribution is 5.90. The van der Waals surface area contributed by atoms with Crippen LogP contribution in [0.25, 0.3) is 0 Å². The van der Waals surface area contributed by atoms with E-state index in [1.807, 2.05) is 6.07 Å². The van der Waals surface area contributed by atoms with E-state index < -0.39 is 11.9 Å². The number of amides is 2. The first-order valence-corrected chi connectivity index (χ1v) is 10.0. The van der Waals surface area contributed by atoms with Crippen molar-refractivity contribution >= 4 is 11.8 Å². The average Bonchev–Trinajstić information content (AvgIpc) is 2.56. The van der Waals surface area contributed by atoms with Crippen LogP contribution in [0, 0.1) is 37.0 Å². The summed E-state index contributed by atoms with van der Waals surface area (Å²) < 4.78 is 0. The molecule has 2 amide bonds. The number of aryl methyl sites for hydroxylation is 2. The van der Waals surface area contributed by atoms with Crippen molar-refractivity contribution in [2.75, 3.05) is 0 Å². The number of carbonyl (C=O) groups is 2. The van der Waals surface area contributed by atoms with Crippen molar-refractivity contribution in [3.05, 3.63) is 34.9 Å². The topological polar surface area (TPSA) is 72.2 Å². The highest BCUT2D eigenvalue weighted by Crippen LogP contribution is 2.60. The number of rotatable bonds is 5. The van der Waals surface area contributed by atoms with E-state index in [4.69, 9.17) is 5.73 Å². The first kappa shape index (κ1) is 17.6. The molecular formula is C22H30N2O2. The summed E-state index contributed by atoms with van der Waals surface area (Å²) in [7, 11) is 0. The highest BCUT2D eigenvalue weighted by Gasteiger charge is 2.54. The molecule has 1 atom stereocenters. The summed E-state index contributed by atoms with van der Waals surface area (Å²) in [5.41, 5.74) is 8.86. The van der Waals surface area contributed by atoms with Gasteiger partial charge in [0.05, 0.1) is 0 Å². The van der Waals surface area contributed by atoms with E-state index in [-0.39, 0.29) is 11.3 Å². The quantitative estimate of drug-likeness (QED) is 0.853. The third-order valence-corrected chi connectivity index (χ3v) is 7.18. The maximum Gasteiger partial charge on any atom is 0.240 e. The summed E-state index contributed by atoms with van der Waals surface area (Å²) >= 11 is 0. The number of primary amides is 1. The van der Waals surface area contributed by atoms with Gasteiger partial charge in [-0.3, -0.25) is 9.59 Å². The Balaban J connectivity index is 1.49. The fourth-order valence-corrected chi connectivity index (χ4v) is 6.09. The molecule has 26 heavy (non-hydrogen) atoms. The van der Waals surface area contributed by atoms with E-state index in [2.05, 4.69) is 31.3 Å². The van der Waals surface area contributed by atoms with Crippen LogP contribution >= 0.6 is 0 Å². The minimum absolute atomic E-state index is 0.0734. The van der Waals surface area contributed by atoms with E-state index in [1.54, 1.807) is 0 Å². The molecule has 4 fully saturated rings. The van der Waals surface area contributed by atoms with E-state index in [1.165, 1.54) is 30.4 Å². The van der Waals surface area contributed by atoms with Crippen molar-refractivity contribution in [1.29, 1.82) is 0 Å². The number of hydrogen-bond acceptors (Lipinski definition) is 2. The molecule has 0 saturated heterocycles. The maximum absolute atomic E-state index is 13.2. The van der Waals surface area contributed by atoms with Gasteiger partial charge in [0.2, 0.25) is 11.8 Å². The molecule has 4 heteroatoms. The van der Waals surface area contributed by atoms with Crippen molar-refractivity contribution in [2.24, 2.45) is 28.9 Å². The van der Waals surface area contributed by atoms with Crippen LogP contribution in [0.4, 0.5) is 0 Å². The molecule has 4 bridgehead atoms. The monoisotopic (exact) mass is 354 g/mol. The van der Waals surface area contributed by atoms with Crippen molar-refractivity contribution in [3.63, 3.8) is 0 Å². The third-order valence-electron chi connectivity index (χ3n) is 7.18. The molecule has 4 aliphatic carbocycles. The highest BCUT2D eigenvalue weighted by atomic mass is 16.2. The van der Waals surface area contributed by atoms with Crippen molar-refractivity contribution < 1.29 is 9.59 Å². The zero-order chi connectivity index (χ0) is 18.5. The number of benzene rings is 1. The van der Waals surface area contributed by atoms with Crippen LogP contribution in [0.3, 0.4) is 0 Å². The fourth-order valence-electron chi connectivity index (χ4n) is 6.09. The number of nitrogens with one attached hydrogen (secondary N) is 1. The summed E-state index contributed by atoms with van der Waals surface area (Å²) in [4.78, 5) is 25.2. The lowest BCUT2D eigenvalue weighted by atomic mass is 9.49. The van der Waals surface area contributed by atoms with Crippen LogP contribution in [0.15, 0.2) is 18.2 Å². The minimum Gasteiger partial charge on any atom is -0.368 e. The molecule has 140 valence electrons. The van der Waals surface area contributed by atoms with Gasteiger partial charge in [-0.1, -0.05) is 18.2 Å². The number of carbonyl (C=O) groups excluding carboxylic acids is 2. The van der Waals surface area contributed by atoms with Crippen LogP contribution in [0.5, 0.6) is 0 Å². The van der Waals surface area contributed by atoms with Gasteiger partial charge in [-0.25, -0.2) is 0 Å². The predicted octanol–water partition coefficient (Wildman–Crippen LogP) is 3.03. The Hall–Kier alpha value is -1.84. The van der Waals surface area contributed by atoms with Gasteiger partial charge in [-0.05, 0) is 86.8 Å². The normalized spacial score (nSPS) is 33.1. The summed E-state index contributed by atoms with van der Waals surface area (Å²) in [6, 6.07) is 5.54. The second-order valence-corrected chi connectivity index (χ2v) is 9.25. The molecule has 0 spiro atoms. The van der Waals surface area contributed by atoms with Gasteiger partial charge in [-0.15, -0.1) is 0 Å². The van der Waals surface area contributed by atoms with Crippen molar-refractivity contribution in [1.82, 2.24) is 5.32 Å². The zero-order valence-electron chi connectivity index (χ0n) is 15.9. The van der Waals surface area contributed by atoms with Gasteiger partial charge in [-0.2, -0.15) is 0 Å². The second kappa shape index (κ2) is 6.40. The van der Waals surface area contributed by atoms with E-state index >= 15 is 0 Å². The minimum atomic E-state index is -0.627. The number of hydrogen-bond donors (Lipinski definition) is 2. The lowest BCUT2D eigenvalue weighted by molar-refractivity contribution is -0.148. The van der Waals surface area contributed by atoms with E-state index in [0.717, 1.165) is 24.8 Å². The largest absolute Gasteiger partial charge is 0.368 e. The Labute approximate surface area is 155 Å². The SMILES string of the molecule is Cc1ccc(C[C@@H](NC(=O)C23CC4CC(CC(C4)C2)C3)C(N)=O)cc1C. The first-order valence-electron chi connectivity index (χ1n) is 10.0. The molecule has 1 aromatic rings. The lowest BCUT2D eigenvalue weighted by Crippen LogP contribution is -2.57. The van der Waals surface area contributed by atoms with Crippen molar-refractivity contribution in [2.45, 2.75) is 64.8 Å². The summed E-state index contributed by atoms with van der Waals surface area (Å²) in [5, 5.41) is 3.04. The molecule has 4 saturated carbocycles. The van der Waals surface area contributed by atoms with E-state index in [0.29, 0.717) is 24.2 Å². The van der Waals surface area contributed by atoms with Gasteiger partial charge in [0, 0.05) is 11.8 Å². The molecule has 1 aromatic carbocycles. The Morgan fingerprint density at radius 2 is 1.65 bits per heavy atom. The van der Waals surface area contributed by atoms with Crippen LogP contribution in [-0.4, -0.2) is 17.9 Å². The van der Waals surface area contributed by atoms with Crippen LogP contribution in [0.2, 0.25) is 0 Å². The smallest absolute Gasteiger partial charge is 0.240 e. The molecule has 4 aliphatic rings. The Morgan fingerprint density at radius 3 is 2.15 bits per heavy atom. The Kier molecular flexibility index (Phi) is 4.32. The Bertz CT molecular complexity index is 704.